The number of nitrogens with one attached hydrogen (secondary N) is 1. The lowest BCUT2D eigenvalue weighted by atomic mass is 9.95. The van der Waals surface area contributed by atoms with E-state index in [4.69, 9.17) is 4.74 Å². The van der Waals surface area contributed by atoms with E-state index in [1.165, 1.54) is 25.7 Å². The maximum Gasteiger partial charge on any atom is 0.0622 e. The summed E-state index contributed by atoms with van der Waals surface area (Å²) in [5, 5.41) is 3.69. The minimum Gasteiger partial charge on any atom is -0.380 e. The van der Waals surface area contributed by atoms with Crippen LogP contribution in [0.3, 0.4) is 0 Å². The largest absolute Gasteiger partial charge is 0.380 e. The van der Waals surface area contributed by atoms with Crippen LogP contribution in [0.1, 0.15) is 46.0 Å². The monoisotopic (exact) mass is 225 g/mol. The van der Waals surface area contributed by atoms with Crippen LogP contribution >= 0.6 is 0 Å². The van der Waals surface area contributed by atoms with Gasteiger partial charge in [-0.1, -0.05) is 13.8 Å². The average molecular weight is 225 g/mol. The van der Waals surface area contributed by atoms with Gasteiger partial charge in [0.15, 0.2) is 0 Å². The Morgan fingerprint density at radius 1 is 1.12 bits per heavy atom. The number of rotatable bonds is 8. The molecule has 1 N–H and O–H groups in total. The second-order valence-corrected chi connectivity index (χ2v) is 5.62. The topological polar surface area (TPSA) is 21.3 Å². The predicted molar refractivity (Wildman–Crippen MR) is 67.5 cm³/mol. The third-order valence-electron chi connectivity index (χ3n) is 4.15. The summed E-state index contributed by atoms with van der Waals surface area (Å²) >= 11 is 0. The van der Waals surface area contributed by atoms with Crippen molar-refractivity contribution in [2.45, 2.75) is 52.0 Å². The first-order valence-electron chi connectivity index (χ1n) is 7.16. The molecule has 2 fully saturated rings. The molecule has 2 heteroatoms. The molecular weight excluding hydrogens is 198 g/mol. The molecule has 0 aliphatic heterocycles. The van der Waals surface area contributed by atoms with Gasteiger partial charge in [0.1, 0.15) is 0 Å². The van der Waals surface area contributed by atoms with Gasteiger partial charge in [-0.25, -0.2) is 0 Å². The quantitative estimate of drug-likeness (QED) is 0.641. The maximum absolute atomic E-state index is 5.74. The molecule has 3 unspecified atom stereocenters. The molecule has 0 bridgehead atoms. The summed E-state index contributed by atoms with van der Waals surface area (Å²) in [5.74, 6) is 3.07. The van der Waals surface area contributed by atoms with Crippen molar-refractivity contribution in [1.29, 1.82) is 0 Å². The fraction of sp³-hybridized carbons (Fsp3) is 1.00. The first-order valence-corrected chi connectivity index (χ1v) is 7.16. The highest BCUT2D eigenvalue weighted by Crippen LogP contribution is 2.55. The van der Waals surface area contributed by atoms with Crippen molar-refractivity contribution in [3.05, 3.63) is 0 Å². The van der Waals surface area contributed by atoms with Crippen LogP contribution in [0.15, 0.2) is 0 Å². The van der Waals surface area contributed by atoms with E-state index < -0.39 is 0 Å². The van der Waals surface area contributed by atoms with Gasteiger partial charge in [-0.2, -0.15) is 0 Å². The van der Waals surface area contributed by atoms with Crippen LogP contribution in [-0.4, -0.2) is 25.8 Å². The second-order valence-electron chi connectivity index (χ2n) is 5.62. The van der Waals surface area contributed by atoms with Crippen LogP contribution in [-0.2, 0) is 4.74 Å². The third-order valence-corrected chi connectivity index (χ3v) is 4.15. The van der Waals surface area contributed by atoms with Crippen molar-refractivity contribution >= 4 is 0 Å². The zero-order chi connectivity index (χ0) is 11.4. The smallest absolute Gasteiger partial charge is 0.0622 e. The lowest BCUT2D eigenvalue weighted by Gasteiger charge is -2.25. The lowest BCUT2D eigenvalue weighted by Crippen LogP contribution is -2.40. The number of hydrogen-bond donors (Lipinski definition) is 1. The molecule has 2 nitrogen and oxygen atoms in total. The van der Waals surface area contributed by atoms with Gasteiger partial charge in [-0.05, 0) is 56.4 Å². The fourth-order valence-corrected chi connectivity index (χ4v) is 3.14. The molecular formula is C14H27NO. The van der Waals surface area contributed by atoms with Gasteiger partial charge in [0, 0.05) is 12.6 Å². The molecule has 3 atom stereocenters. The molecule has 2 rings (SSSR count). The molecule has 0 aromatic rings. The van der Waals surface area contributed by atoms with E-state index in [0.717, 1.165) is 43.9 Å². The van der Waals surface area contributed by atoms with E-state index in [1.54, 1.807) is 0 Å². The van der Waals surface area contributed by atoms with Gasteiger partial charge < -0.3 is 10.1 Å². The van der Waals surface area contributed by atoms with Crippen LogP contribution in [0.2, 0.25) is 0 Å². The average Bonchev–Trinajstić information content (AvgIpc) is 2.91. The molecule has 0 amide bonds. The van der Waals surface area contributed by atoms with Crippen LogP contribution in [0.25, 0.3) is 0 Å². The van der Waals surface area contributed by atoms with Gasteiger partial charge in [0.2, 0.25) is 0 Å². The summed E-state index contributed by atoms with van der Waals surface area (Å²) in [6.07, 6.45) is 6.80. The summed E-state index contributed by atoms with van der Waals surface area (Å²) in [7, 11) is 0. The molecule has 0 aromatic heterocycles. The Kier molecular flexibility index (Phi) is 4.66. The van der Waals surface area contributed by atoms with E-state index in [0.29, 0.717) is 6.04 Å². The van der Waals surface area contributed by atoms with Gasteiger partial charge in [0.25, 0.3) is 0 Å². The molecule has 0 spiro atoms. The maximum atomic E-state index is 5.74. The van der Waals surface area contributed by atoms with Crippen molar-refractivity contribution in [1.82, 2.24) is 5.32 Å². The zero-order valence-electron chi connectivity index (χ0n) is 10.9. The SMILES string of the molecule is CCCNC(COCCC)C1CC2CC2C1. The summed E-state index contributed by atoms with van der Waals surface area (Å²) in [6.45, 7) is 7.41. The van der Waals surface area contributed by atoms with E-state index in [2.05, 4.69) is 19.2 Å². The van der Waals surface area contributed by atoms with Crippen molar-refractivity contribution in [3.8, 4) is 0 Å². The zero-order valence-corrected chi connectivity index (χ0v) is 10.9. The van der Waals surface area contributed by atoms with Gasteiger partial charge in [0.05, 0.1) is 6.61 Å². The predicted octanol–water partition coefficient (Wildman–Crippen LogP) is 2.83. The Hall–Kier alpha value is -0.0800. The number of ether oxygens (including phenoxy) is 1. The molecule has 2 aliphatic carbocycles. The molecule has 16 heavy (non-hydrogen) atoms. The van der Waals surface area contributed by atoms with E-state index in [-0.39, 0.29) is 0 Å². The summed E-state index contributed by atoms with van der Waals surface area (Å²) < 4.78 is 5.74. The van der Waals surface area contributed by atoms with Crippen LogP contribution < -0.4 is 5.32 Å². The molecule has 0 heterocycles. The van der Waals surface area contributed by atoms with Gasteiger partial charge in [-0.15, -0.1) is 0 Å². The highest BCUT2D eigenvalue weighted by atomic mass is 16.5. The summed E-state index contributed by atoms with van der Waals surface area (Å²) in [5.41, 5.74) is 0. The molecule has 94 valence electrons. The van der Waals surface area contributed by atoms with Crippen LogP contribution in [0.4, 0.5) is 0 Å². The van der Waals surface area contributed by atoms with Crippen LogP contribution in [0, 0.1) is 17.8 Å². The lowest BCUT2D eigenvalue weighted by molar-refractivity contribution is 0.0917. The molecule has 0 aromatic carbocycles. The first-order chi connectivity index (χ1) is 7.85. The third kappa shape index (κ3) is 3.21. The Bertz CT molecular complexity index is 197. The molecule has 0 saturated heterocycles. The Balaban J connectivity index is 1.72. The van der Waals surface area contributed by atoms with Crippen molar-refractivity contribution in [2.75, 3.05) is 19.8 Å². The highest BCUT2D eigenvalue weighted by molar-refractivity contribution is 4.99. The number of fused-ring (bicyclic) bond motifs is 1. The Labute approximate surface area is 100 Å². The van der Waals surface area contributed by atoms with E-state index >= 15 is 0 Å². The minimum absolute atomic E-state index is 0.624. The summed E-state index contributed by atoms with van der Waals surface area (Å²) in [4.78, 5) is 0. The first kappa shape index (κ1) is 12.4. The number of hydrogen-bond acceptors (Lipinski definition) is 2. The van der Waals surface area contributed by atoms with Crippen molar-refractivity contribution in [3.63, 3.8) is 0 Å². The minimum atomic E-state index is 0.624. The van der Waals surface area contributed by atoms with Crippen molar-refractivity contribution in [2.24, 2.45) is 17.8 Å². The van der Waals surface area contributed by atoms with E-state index in [1.807, 2.05) is 0 Å². The highest BCUT2D eigenvalue weighted by Gasteiger charge is 2.47. The van der Waals surface area contributed by atoms with Gasteiger partial charge in [-0.3, -0.25) is 0 Å². The second kappa shape index (κ2) is 6.02. The fourth-order valence-electron chi connectivity index (χ4n) is 3.14. The normalized spacial score (nSPS) is 33.8. The molecule has 0 radical (unpaired) electrons. The Morgan fingerprint density at radius 2 is 1.88 bits per heavy atom. The molecule has 2 saturated carbocycles. The van der Waals surface area contributed by atoms with E-state index in [9.17, 15) is 0 Å². The van der Waals surface area contributed by atoms with Gasteiger partial charge >= 0.3 is 0 Å². The van der Waals surface area contributed by atoms with Crippen molar-refractivity contribution < 1.29 is 4.74 Å². The standard InChI is InChI=1S/C14H27NO/c1-3-5-15-14(10-16-6-4-2)13-8-11-7-12(11)9-13/h11-15H,3-10H2,1-2H3. The summed E-state index contributed by atoms with van der Waals surface area (Å²) in [6, 6.07) is 0.624. The Morgan fingerprint density at radius 3 is 2.50 bits per heavy atom. The molecule has 2 aliphatic rings. The van der Waals surface area contributed by atoms with Crippen LogP contribution in [0.5, 0.6) is 0 Å².